The second-order valence-electron chi connectivity index (χ2n) is 5.93. The van der Waals surface area contributed by atoms with Crippen LogP contribution in [0.4, 0.5) is 5.69 Å². The molecule has 0 spiro atoms. The SMILES string of the molecule is NC(=O)C1CCCCN1c1ccc(CNC2CC2)cc1. The van der Waals surface area contributed by atoms with Gasteiger partial charge < -0.3 is 16.0 Å². The fourth-order valence-corrected chi connectivity index (χ4v) is 2.89. The highest BCUT2D eigenvalue weighted by Crippen LogP contribution is 2.25. The zero-order valence-corrected chi connectivity index (χ0v) is 11.8. The Kier molecular flexibility index (Phi) is 3.92. The first-order valence-corrected chi connectivity index (χ1v) is 7.62. The van der Waals surface area contributed by atoms with Crippen LogP contribution in [0.15, 0.2) is 24.3 Å². The summed E-state index contributed by atoms with van der Waals surface area (Å²) in [5.74, 6) is -0.204. The Morgan fingerprint density at radius 2 is 1.95 bits per heavy atom. The maximum Gasteiger partial charge on any atom is 0.240 e. The van der Waals surface area contributed by atoms with Crippen LogP contribution < -0.4 is 16.0 Å². The van der Waals surface area contributed by atoms with E-state index in [0.717, 1.165) is 44.1 Å². The molecule has 4 nitrogen and oxygen atoms in total. The van der Waals surface area contributed by atoms with Crippen molar-refractivity contribution < 1.29 is 4.79 Å². The Morgan fingerprint density at radius 3 is 2.60 bits per heavy atom. The number of primary amides is 1. The molecule has 108 valence electrons. The molecule has 0 aromatic heterocycles. The van der Waals surface area contributed by atoms with Gasteiger partial charge in [0.25, 0.3) is 0 Å². The molecule has 3 N–H and O–H groups in total. The fraction of sp³-hybridized carbons (Fsp3) is 0.562. The van der Waals surface area contributed by atoms with Crippen LogP contribution in [-0.4, -0.2) is 24.5 Å². The number of hydrogen-bond acceptors (Lipinski definition) is 3. The van der Waals surface area contributed by atoms with Crippen molar-refractivity contribution in [2.24, 2.45) is 5.73 Å². The Bertz CT molecular complexity index is 467. The minimum atomic E-state index is -0.204. The summed E-state index contributed by atoms with van der Waals surface area (Å²) in [5, 5.41) is 3.51. The van der Waals surface area contributed by atoms with Gasteiger partial charge in [-0.2, -0.15) is 0 Å². The van der Waals surface area contributed by atoms with Gasteiger partial charge in [-0.1, -0.05) is 12.1 Å². The standard InChI is InChI=1S/C16H23N3O/c17-16(20)15-3-1-2-10-19(15)14-8-4-12(5-9-14)11-18-13-6-7-13/h4-5,8-9,13,15,18H,1-3,6-7,10-11H2,(H2,17,20). The number of anilines is 1. The van der Waals surface area contributed by atoms with Crippen LogP contribution in [0, 0.1) is 0 Å². The number of rotatable bonds is 5. The van der Waals surface area contributed by atoms with Gasteiger partial charge in [0.15, 0.2) is 0 Å². The van der Waals surface area contributed by atoms with Gasteiger partial charge in [0.2, 0.25) is 5.91 Å². The van der Waals surface area contributed by atoms with E-state index < -0.39 is 0 Å². The zero-order valence-electron chi connectivity index (χ0n) is 11.8. The zero-order chi connectivity index (χ0) is 13.9. The molecule has 1 unspecified atom stereocenters. The lowest BCUT2D eigenvalue weighted by Gasteiger charge is -2.35. The molecule has 1 heterocycles. The third kappa shape index (κ3) is 3.12. The van der Waals surface area contributed by atoms with E-state index in [1.165, 1.54) is 18.4 Å². The molecule has 1 aliphatic heterocycles. The molecular formula is C16H23N3O. The van der Waals surface area contributed by atoms with Crippen molar-refractivity contribution in [1.29, 1.82) is 0 Å². The number of carbonyl (C=O) groups is 1. The van der Waals surface area contributed by atoms with Crippen LogP contribution in [0.1, 0.15) is 37.7 Å². The van der Waals surface area contributed by atoms with Crippen molar-refractivity contribution in [3.8, 4) is 0 Å². The summed E-state index contributed by atoms with van der Waals surface area (Å²) in [4.78, 5) is 13.7. The topological polar surface area (TPSA) is 58.4 Å². The number of nitrogens with zero attached hydrogens (tertiary/aromatic N) is 1. The van der Waals surface area contributed by atoms with Crippen molar-refractivity contribution in [2.75, 3.05) is 11.4 Å². The summed E-state index contributed by atoms with van der Waals surface area (Å²) in [7, 11) is 0. The first-order chi connectivity index (χ1) is 9.74. The quantitative estimate of drug-likeness (QED) is 0.860. The number of piperidine rings is 1. The van der Waals surface area contributed by atoms with Gasteiger partial charge in [0.05, 0.1) is 0 Å². The van der Waals surface area contributed by atoms with E-state index in [9.17, 15) is 4.79 Å². The van der Waals surface area contributed by atoms with E-state index in [2.05, 4.69) is 34.5 Å². The van der Waals surface area contributed by atoms with E-state index in [0.29, 0.717) is 0 Å². The lowest BCUT2D eigenvalue weighted by atomic mass is 10.0. The normalized spacial score (nSPS) is 22.8. The average molecular weight is 273 g/mol. The van der Waals surface area contributed by atoms with Crippen LogP contribution in [-0.2, 0) is 11.3 Å². The highest BCUT2D eigenvalue weighted by atomic mass is 16.1. The summed E-state index contributed by atoms with van der Waals surface area (Å²) >= 11 is 0. The van der Waals surface area contributed by atoms with Crippen molar-refractivity contribution in [2.45, 2.75) is 50.7 Å². The summed E-state index contributed by atoms with van der Waals surface area (Å²) in [5.41, 5.74) is 7.94. The summed E-state index contributed by atoms with van der Waals surface area (Å²) < 4.78 is 0. The Labute approximate surface area is 120 Å². The average Bonchev–Trinajstić information content (AvgIpc) is 3.30. The first-order valence-electron chi connectivity index (χ1n) is 7.62. The number of nitrogens with one attached hydrogen (secondary N) is 1. The van der Waals surface area contributed by atoms with E-state index in [4.69, 9.17) is 5.73 Å². The number of amides is 1. The largest absolute Gasteiger partial charge is 0.368 e. The van der Waals surface area contributed by atoms with Gasteiger partial charge in [-0.25, -0.2) is 0 Å². The predicted molar refractivity (Wildman–Crippen MR) is 80.5 cm³/mol. The fourth-order valence-electron chi connectivity index (χ4n) is 2.89. The third-order valence-corrected chi connectivity index (χ3v) is 4.27. The van der Waals surface area contributed by atoms with Crippen LogP contribution in [0.5, 0.6) is 0 Å². The number of benzene rings is 1. The lowest BCUT2D eigenvalue weighted by molar-refractivity contribution is -0.119. The molecule has 0 radical (unpaired) electrons. The highest BCUT2D eigenvalue weighted by molar-refractivity contribution is 5.83. The molecule has 20 heavy (non-hydrogen) atoms. The van der Waals surface area contributed by atoms with Gasteiger partial charge in [-0.3, -0.25) is 4.79 Å². The molecule has 0 bridgehead atoms. The van der Waals surface area contributed by atoms with E-state index in [1.54, 1.807) is 0 Å². The van der Waals surface area contributed by atoms with Gasteiger partial charge in [0, 0.05) is 24.8 Å². The third-order valence-electron chi connectivity index (χ3n) is 4.27. The summed E-state index contributed by atoms with van der Waals surface area (Å²) in [6.45, 7) is 1.86. The van der Waals surface area contributed by atoms with Crippen LogP contribution in [0.3, 0.4) is 0 Å². The first kappa shape index (κ1) is 13.4. The summed E-state index contributed by atoms with van der Waals surface area (Å²) in [6.07, 6.45) is 5.72. The molecule has 1 saturated carbocycles. The molecular weight excluding hydrogens is 250 g/mol. The van der Waals surface area contributed by atoms with Crippen molar-refractivity contribution in [1.82, 2.24) is 5.32 Å². The van der Waals surface area contributed by atoms with E-state index in [-0.39, 0.29) is 11.9 Å². The molecule has 1 aromatic carbocycles. The highest BCUT2D eigenvalue weighted by Gasteiger charge is 2.27. The van der Waals surface area contributed by atoms with E-state index in [1.807, 2.05) is 0 Å². The Hall–Kier alpha value is -1.55. The van der Waals surface area contributed by atoms with Crippen molar-refractivity contribution in [3.05, 3.63) is 29.8 Å². The molecule has 4 heteroatoms. The Morgan fingerprint density at radius 1 is 1.20 bits per heavy atom. The maximum absolute atomic E-state index is 11.6. The monoisotopic (exact) mass is 273 g/mol. The van der Waals surface area contributed by atoms with Crippen molar-refractivity contribution >= 4 is 11.6 Å². The van der Waals surface area contributed by atoms with Gasteiger partial charge in [-0.15, -0.1) is 0 Å². The maximum atomic E-state index is 11.6. The van der Waals surface area contributed by atoms with Gasteiger partial charge in [-0.05, 0) is 49.8 Å². The second-order valence-corrected chi connectivity index (χ2v) is 5.93. The molecule has 1 aliphatic carbocycles. The van der Waals surface area contributed by atoms with Crippen LogP contribution in [0.25, 0.3) is 0 Å². The predicted octanol–water partition coefficient (Wildman–Crippen LogP) is 1.78. The Balaban J connectivity index is 1.66. The molecule has 1 aromatic rings. The summed E-state index contributed by atoms with van der Waals surface area (Å²) in [6, 6.07) is 9.13. The minimum Gasteiger partial charge on any atom is -0.368 e. The number of carbonyl (C=O) groups excluding carboxylic acids is 1. The molecule has 1 saturated heterocycles. The second kappa shape index (κ2) is 5.83. The lowest BCUT2D eigenvalue weighted by Crippen LogP contribution is -2.47. The van der Waals surface area contributed by atoms with E-state index >= 15 is 0 Å². The molecule has 1 atom stereocenters. The molecule has 1 amide bonds. The van der Waals surface area contributed by atoms with Gasteiger partial charge >= 0.3 is 0 Å². The molecule has 2 aliphatic rings. The van der Waals surface area contributed by atoms with Crippen molar-refractivity contribution in [3.63, 3.8) is 0 Å². The molecule has 3 rings (SSSR count). The van der Waals surface area contributed by atoms with Crippen LogP contribution >= 0.6 is 0 Å². The minimum absolute atomic E-state index is 0.140. The van der Waals surface area contributed by atoms with Crippen LogP contribution in [0.2, 0.25) is 0 Å². The number of hydrogen-bond donors (Lipinski definition) is 2. The number of nitrogens with two attached hydrogens (primary N) is 1. The smallest absolute Gasteiger partial charge is 0.240 e. The van der Waals surface area contributed by atoms with Gasteiger partial charge in [0.1, 0.15) is 6.04 Å². The molecule has 2 fully saturated rings.